The molecule has 1 N–H and O–H groups in total. The first-order valence-electron chi connectivity index (χ1n) is 11.9. The lowest BCUT2D eigenvalue weighted by Crippen LogP contribution is -2.37. The highest BCUT2D eigenvalue weighted by molar-refractivity contribution is 5.94. The molecule has 10 heteroatoms. The first-order chi connectivity index (χ1) is 16.2. The summed E-state index contributed by atoms with van der Waals surface area (Å²) in [6.07, 6.45) is -1.42. The van der Waals surface area contributed by atoms with Crippen LogP contribution in [0, 0.1) is 0 Å². The number of amides is 1. The fraction of sp³-hybridized carbons (Fsp3) is 0.583. The number of fused-ring (bicyclic) bond motifs is 1. The van der Waals surface area contributed by atoms with E-state index in [0.29, 0.717) is 37.3 Å². The van der Waals surface area contributed by atoms with E-state index in [1.807, 2.05) is 16.5 Å². The van der Waals surface area contributed by atoms with Gasteiger partial charge in [-0.3, -0.25) is 9.48 Å². The Kier molecular flexibility index (Phi) is 7.47. The molecule has 0 saturated carbocycles. The third-order valence-electron chi connectivity index (χ3n) is 6.58. The van der Waals surface area contributed by atoms with Crippen LogP contribution in [-0.2, 0) is 25.9 Å². The molecule has 1 aromatic heterocycles. The third-order valence-corrected chi connectivity index (χ3v) is 6.58. The number of nitrogens with one attached hydrogen (secondary N) is 1. The van der Waals surface area contributed by atoms with Gasteiger partial charge in [0.15, 0.2) is 5.69 Å². The Bertz CT molecular complexity index is 1010. The van der Waals surface area contributed by atoms with Crippen molar-refractivity contribution < 1.29 is 22.7 Å². The average molecular weight is 480 g/mol. The molecule has 4 rings (SSSR count). The van der Waals surface area contributed by atoms with Gasteiger partial charge in [-0.2, -0.15) is 5.10 Å². The van der Waals surface area contributed by atoms with Gasteiger partial charge in [0.2, 0.25) is 0 Å². The topological polar surface area (TPSA) is 62.6 Å². The Balaban J connectivity index is 1.45. The normalized spacial score (nSPS) is 19.6. The van der Waals surface area contributed by atoms with Gasteiger partial charge in [-0.1, -0.05) is 12.1 Å². The molecule has 34 heavy (non-hydrogen) atoms. The number of alkyl halides is 3. The van der Waals surface area contributed by atoms with Crippen LogP contribution in [0.25, 0.3) is 0 Å². The average Bonchev–Trinajstić information content (AvgIpc) is 3.02. The van der Waals surface area contributed by atoms with Crippen molar-refractivity contribution in [1.82, 2.24) is 24.9 Å². The fourth-order valence-corrected chi connectivity index (χ4v) is 4.81. The lowest BCUT2D eigenvalue weighted by atomic mass is 9.91. The summed E-state index contributed by atoms with van der Waals surface area (Å²) in [6.45, 7) is 6.41. The molecule has 1 saturated heterocycles. The van der Waals surface area contributed by atoms with Crippen LogP contribution in [0.1, 0.15) is 47.1 Å². The minimum atomic E-state index is -4.71. The number of benzene rings is 1. The van der Waals surface area contributed by atoms with E-state index in [4.69, 9.17) is 5.10 Å². The molecule has 2 aliphatic rings. The molecule has 2 heterocycles. The van der Waals surface area contributed by atoms with Crippen molar-refractivity contribution in [2.24, 2.45) is 0 Å². The van der Waals surface area contributed by atoms with Crippen LogP contribution in [0.5, 0.6) is 5.75 Å². The van der Waals surface area contributed by atoms with Crippen LogP contribution in [0.15, 0.2) is 24.3 Å². The van der Waals surface area contributed by atoms with E-state index >= 15 is 0 Å². The number of aromatic nitrogens is 2. The zero-order valence-electron chi connectivity index (χ0n) is 19.7. The molecule has 1 atom stereocenters. The van der Waals surface area contributed by atoms with Crippen LogP contribution in [-0.4, -0.2) is 71.1 Å². The van der Waals surface area contributed by atoms with Crippen LogP contribution in [0.3, 0.4) is 0 Å². The Hall–Kier alpha value is -2.59. The highest BCUT2D eigenvalue weighted by atomic mass is 19.4. The quantitative estimate of drug-likeness (QED) is 0.690. The molecule has 1 fully saturated rings. The van der Waals surface area contributed by atoms with Crippen LogP contribution in [0.2, 0.25) is 0 Å². The highest BCUT2D eigenvalue weighted by Gasteiger charge is 2.32. The Morgan fingerprint density at radius 2 is 2.06 bits per heavy atom. The third kappa shape index (κ3) is 5.90. The second-order valence-corrected chi connectivity index (χ2v) is 9.05. The summed E-state index contributed by atoms with van der Waals surface area (Å²) in [5.74, 6) is -0.227. The predicted molar refractivity (Wildman–Crippen MR) is 122 cm³/mol. The SMILES string of the molecule is CCn1nc(C(=O)N2CCCN(C)CC2)c2c1CCC(NCc1cccc(OC(F)(F)F)c1)C2. The maximum atomic E-state index is 13.4. The number of nitrogens with zero attached hydrogens (tertiary/aromatic N) is 4. The van der Waals surface area contributed by atoms with E-state index in [1.165, 1.54) is 12.1 Å². The van der Waals surface area contributed by atoms with E-state index in [0.717, 1.165) is 50.2 Å². The summed E-state index contributed by atoms with van der Waals surface area (Å²) in [5, 5.41) is 8.15. The molecule has 7 nitrogen and oxygen atoms in total. The first kappa shape index (κ1) is 24.5. The van der Waals surface area contributed by atoms with Gasteiger partial charge in [0.05, 0.1) is 0 Å². The summed E-state index contributed by atoms with van der Waals surface area (Å²) in [4.78, 5) is 17.6. The van der Waals surface area contributed by atoms with E-state index in [9.17, 15) is 18.0 Å². The summed E-state index contributed by atoms with van der Waals surface area (Å²) in [5.41, 5.74) is 3.38. The number of halogens is 3. The number of hydrogen-bond acceptors (Lipinski definition) is 5. The van der Waals surface area contributed by atoms with Crippen molar-refractivity contribution >= 4 is 5.91 Å². The largest absolute Gasteiger partial charge is 0.573 e. The molecule has 0 bridgehead atoms. The molecule has 0 radical (unpaired) electrons. The molecule has 1 aromatic carbocycles. The Labute approximate surface area is 197 Å². The molecule has 1 unspecified atom stereocenters. The minimum Gasteiger partial charge on any atom is -0.406 e. The van der Waals surface area contributed by atoms with E-state index in [2.05, 4.69) is 22.0 Å². The minimum absolute atomic E-state index is 0.00333. The fourth-order valence-electron chi connectivity index (χ4n) is 4.81. The van der Waals surface area contributed by atoms with Crippen molar-refractivity contribution in [2.75, 3.05) is 33.2 Å². The van der Waals surface area contributed by atoms with Gasteiger partial charge in [-0.05, 0) is 63.9 Å². The van der Waals surface area contributed by atoms with Gasteiger partial charge in [0.25, 0.3) is 5.91 Å². The molecule has 0 spiro atoms. The molecule has 1 aliphatic heterocycles. The predicted octanol–water partition coefficient (Wildman–Crippen LogP) is 3.23. The molecule has 186 valence electrons. The number of hydrogen-bond donors (Lipinski definition) is 1. The second kappa shape index (κ2) is 10.4. The van der Waals surface area contributed by atoms with Crippen molar-refractivity contribution in [2.45, 2.75) is 58.1 Å². The van der Waals surface area contributed by atoms with E-state index in [-0.39, 0.29) is 17.7 Å². The highest BCUT2D eigenvalue weighted by Crippen LogP contribution is 2.27. The van der Waals surface area contributed by atoms with E-state index in [1.54, 1.807) is 12.1 Å². The van der Waals surface area contributed by atoms with Crippen molar-refractivity contribution in [1.29, 1.82) is 0 Å². The lowest BCUT2D eigenvalue weighted by molar-refractivity contribution is -0.274. The second-order valence-electron chi connectivity index (χ2n) is 9.05. The number of rotatable bonds is 6. The molecule has 2 aromatic rings. The monoisotopic (exact) mass is 479 g/mol. The summed E-state index contributed by atoms with van der Waals surface area (Å²) < 4.78 is 43.5. The van der Waals surface area contributed by atoms with Crippen molar-refractivity contribution in [3.63, 3.8) is 0 Å². The van der Waals surface area contributed by atoms with Crippen LogP contribution in [0.4, 0.5) is 13.2 Å². The number of likely N-dealkylation sites (N-methyl/N-ethyl adjacent to an activating group) is 1. The van der Waals surface area contributed by atoms with Crippen LogP contribution < -0.4 is 10.1 Å². The molecular formula is C24H32F3N5O2. The van der Waals surface area contributed by atoms with E-state index < -0.39 is 6.36 Å². The maximum Gasteiger partial charge on any atom is 0.573 e. The Morgan fingerprint density at radius 3 is 2.82 bits per heavy atom. The zero-order valence-corrected chi connectivity index (χ0v) is 19.7. The van der Waals surface area contributed by atoms with Gasteiger partial charge >= 0.3 is 6.36 Å². The maximum absolute atomic E-state index is 13.4. The number of carbonyl (C=O) groups excluding carboxylic acids is 1. The van der Waals surface area contributed by atoms with Crippen LogP contribution >= 0.6 is 0 Å². The van der Waals surface area contributed by atoms with Gasteiger partial charge in [0.1, 0.15) is 5.75 Å². The van der Waals surface area contributed by atoms with Crippen molar-refractivity contribution in [3.8, 4) is 5.75 Å². The summed E-state index contributed by atoms with van der Waals surface area (Å²) in [7, 11) is 2.07. The summed E-state index contributed by atoms with van der Waals surface area (Å²) in [6, 6.07) is 6.12. The van der Waals surface area contributed by atoms with Gasteiger partial charge < -0.3 is 19.9 Å². The molecule has 1 amide bonds. The lowest BCUT2D eigenvalue weighted by Gasteiger charge is -2.25. The molecule has 1 aliphatic carbocycles. The van der Waals surface area contributed by atoms with Crippen molar-refractivity contribution in [3.05, 3.63) is 46.8 Å². The first-order valence-corrected chi connectivity index (χ1v) is 11.9. The van der Waals surface area contributed by atoms with Gasteiger partial charge in [0, 0.05) is 50.0 Å². The molecular weight excluding hydrogens is 447 g/mol. The number of carbonyl (C=O) groups is 1. The Morgan fingerprint density at radius 1 is 1.24 bits per heavy atom. The number of aryl methyl sites for hydroxylation is 1. The smallest absolute Gasteiger partial charge is 0.406 e. The summed E-state index contributed by atoms with van der Waals surface area (Å²) >= 11 is 0. The zero-order chi connectivity index (χ0) is 24.3. The van der Waals surface area contributed by atoms with Gasteiger partial charge in [-0.15, -0.1) is 13.2 Å². The number of ether oxygens (including phenoxy) is 1. The van der Waals surface area contributed by atoms with Gasteiger partial charge in [-0.25, -0.2) is 0 Å². The standard InChI is InChI=1S/C24H32F3N5O2/c1-3-32-21-9-8-18(28-16-17-6-4-7-19(14-17)34-24(25,26)27)15-20(21)22(29-32)23(33)31-11-5-10-30(2)12-13-31/h4,6-7,14,18,28H,3,5,8-13,15-16H2,1-2H3.